The largest absolute Gasteiger partial charge is 0.478 e. The zero-order chi connectivity index (χ0) is 29.2. The predicted octanol–water partition coefficient (Wildman–Crippen LogP) is 4.14. The van der Waals surface area contributed by atoms with E-state index >= 15 is 0 Å². The van der Waals surface area contributed by atoms with Crippen LogP contribution in [0.5, 0.6) is 0 Å². The van der Waals surface area contributed by atoms with Crippen LogP contribution in [0.2, 0.25) is 0 Å². The molecule has 38 heavy (non-hydrogen) atoms. The number of nitrogen functional groups attached to an aromatic ring is 1. The molecule has 8 nitrogen and oxygen atoms in total. The number of aliphatic carboxylic acids is 1. The number of nitrogens with one attached hydrogen (secondary N) is 2. The molecule has 1 heterocycles. The molecule has 0 aliphatic heterocycles. The van der Waals surface area contributed by atoms with Gasteiger partial charge in [-0.25, -0.2) is 4.79 Å². The molecule has 0 saturated heterocycles. The molecule has 0 spiro atoms. The molecule has 0 saturated carbocycles. The smallest absolute Gasteiger partial charge is 0.331 e. The van der Waals surface area contributed by atoms with E-state index in [1.165, 1.54) is 0 Å². The van der Waals surface area contributed by atoms with Crippen molar-refractivity contribution >= 4 is 28.5 Å². The van der Waals surface area contributed by atoms with Crippen LogP contribution in [0.3, 0.4) is 0 Å². The Morgan fingerprint density at radius 1 is 1.18 bits per heavy atom. The molecule has 1 amide bonds. The number of rotatable bonds is 11. The van der Waals surface area contributed by atoms with Gasteiger partial charge in [0.1, 0.15) is 0 Å². The quantitative estimate of drug-likeness (QED) is 0.258. The zero-order valence-electron chi connectivity index (χ0n) is 25.1. The van der Waals surface area contributed by atoms with E-state index in [1.54, 1.807) is 13.0 Å². The lowest BCUT2D eigenvalue weighted by atomic mass is 9.76. The van der Waals surface area contributed by atoms with Crippen molar-refractivity contribution < 1.29 is 14.7 Å². The monoisotopic (exact) mass is 527 g/mol. The molecule has 0 aliphatic carbocycles. The Hall–Kier alpha value is -2.84. The summed E-state index contributed by atoms with van der Waals surface area (Å²) in [7, 11) is 5.80. The Bertz CT molecular complexity index is 1170. The predicted molar refractivity (Wildman–Crippen MR) is 157 cm³/mol. The molecular weight excluding hydrogens is 478 g/mol. The number of carboxylic acids is 1. The standard InChI is InChI=1S/C30H49N5O3/c1-18(2)23(14-19(3)28(37)38)35(11)17-25(29(4,5)6)33-27(36)26(32-9)30(7,8)22-16-34(10)24-15-20(31)12-13-21(22)24/h12-16,18,23,25-26,32H,17,31H2,1-11H3,(H,33,36)(H,37,38)/b19-14+/t23-,25-,26?/m1/s1. The second kappa shape index (κ2) is 11.9. The number of carboxylic acid groups (broad SMARTS) is 1. The fourth-order valence-corrected chi connectivity index (χ4v) is 5.25. The highest BCUT2D eigenvalue weighted by Crippen LogP contribution is 2.35. The Kier molecular flexibility index (Phi) is 9.83. The minimum Gasteiger partial charge on any atom is -0.478 e. The highest BCUT2D eigenvalue weighted by molar-refractivity contribution is 5.90. The summed E-state index contributed by atoms with van der Waals surface area (Å²) < 4.78 is 2.05. The lowest BCUT2D eigenvalue weighted by Crippen LogP contribution is -2.59. The van der Waals surface area contributed by atoms with Crippen LogP contribution in [0.1, 0.15) is 61.0 Å². The second-order valence-corrected chi connectivity index (χ2v) is 12.6. The third-order valence-electron chi connectivity index (χ3n) is 7.76. The van der Waals surface area contributed by atoms with Crippen molar-refractivity contribution in [1.82, 2.24) is 20.1 Å². The minimum absolute atomic E-state index is 0.0726. The normalized spacial score (nSPS) is 15.7. The molecule has 0 bridgehead atoms. The lowest BCUT2D eigenvalue weighted by molar-refractivity contribution is -0.132. The Morgan fingerprint density at radius 3 is 2.29 bits per heavy atom. The van der Waals surface area contributed by atoms with Gasteiger partial charge < -0.3 is 26.0 Å². The van der Waals surface area contributed by atoms with Crippen molar-refractivity contribution in [3.8, 4) is 0 Å². The van der Waals surface area contributed by atoms with Crippen molar-refractivity contribution in [2.75, 3.05) is 26.4 Å². The van der Waals surface area contributed by atoms with E-state index < -0.39 is 17.4 Å². The summed E-state index contributed by atoms with van der Waals surface area (Å²) in [6.45, 7) is 16.9. The maximum absolute atomic E-state index is 13.9. The summed E-state index contributed by atoms with van der Waals surface area (Å²) in [6.07, 6.45) is 3.89. The molecular formula is C30H49N5O3. The number of likely N-dealkylation sites (N-methyl/N-ethyl adjacent to an activating group) is 2. The first-order valence-corrected chi connectivity index (χ1v) is 13.4. The molecule has 2 aromatic rings. The Balaban J connectivity index is 2.37. The molecule has 212 valence electrons. The average molecular weight is 528 g/mol. The highest BCUT2D eigenvalue weighted by atomic mass is 16.4. The molecule has 8 heteroatoms. The molecule has 1 aromatic heterocycles. The van der Waals surface area contributed by atoms with Gasteiger partial charge in [-0.1, -0.05) is 60.6 Å². The third-order valence-corrected chi connectivity index (χ3v) is 7.76. The van der Waals surface area contributed by atoms with Gasteiger partial charge in [0, 0.05) is 53.9 Å². The van der Waals surface area contributed by atoms with Crippen molar-refractivity contribution in [3.05, 3.63) is 41.6 Å². The molecule has 5 N–H and O–H groups in total. The molecule has 1 unspecified atom stereocenters. The number of nitrogens with zero attached hydrogens (tertiary/aromatic N) is 2. The summed E-state index contributed by atoms with van der Waals surface area (Å²) >= 11 is 0. The van der Waals surface area contributed by atoms with Gasteiger partial charge in [0.25, 0.3) is 0 Å². The van der Waals surface area contributed by atoms with E-state index in [4.69, 9.17) is 5.73 Å². The Morgan fingerprint density at radius 2 is 1.79 bits per heavy atom. The van der Waals surface area contributed by atoms with Crippen LogP contribution in [0.15, 0.2) is 36.0 Å². The number of hydrogen-bond acceptors (Lipinski definition) is 5. The first kappa shape index (κ1) is 31.4. The van der Waals surface area contributed by atoms with E-state index in [0.717, 1.165) is 16.5 Å². The molecule has 3 atom stereocenters. The topological polar surface area (TPSA) is 113 Å². The number of aryl methyl sites for hydroxylation is 1. The number of amides is 1. The van der Waals surface area contributed by atoms with Crippen molar-refractivity contribution in [3.63, 3.8) is 0 Å². The van der Waals surface area contributed by atoms with E-state index in [0.29, 0.717) is 17.8 Å². The van der Waals surface area contributed by atoms with Gasteiger partial charge >= 0.3 is 5.97 Å². The number of carbonyl (C=O) groups excluding carboxylic acids is 1. The number of carbonyl (C=O) groups is 2. The fourth-order valence-electron chi connectivity index (χ4n) is 5.25. The van der Waals surface area contributed by atoms with Crippen molar-refractivity contribution in [2.24, 2.45) is 18.4 Å². The summed E-state index contributed by atoms with van der Waals surface area (Å²) in [4.78, 5) is 27.5. The highest BCUT2D eigenvalue weighted by Gasteiger charge is 2.40. The second-order valence-electron chi connectivity index (χ2n) is 12.6. The Labute approximate surface area is 228 Å². The summed E-state index contributed by atoms with van der Waals surface area (Å²) in [5.41, 5.74) is 8.41. The van der Waals surface area contributed by atoms with Crippen LogP contribution in [-0.4, -0.2) is 65.2 Å². The third kappa shape index (κ3) is 6.97. The molecule has 0 radical (unpaired) electrons. The van der Waals surface area contributed by atoms with Crippen LogP contribution in [0, 0.1) is 11.3 Å². The van der Waals surface area contributed by atoms with E-state index in [1.807, 2.05) is 39.3 Å². The summed E-state index contributed by atoms with van der Waals surface area (Å²) in [5, 5.41) is 17.1. The van der Waals surface area contributed by atoms with Gasteiger partial charge in [-0.3, -0.25) is 9.69 Å². The molecule has 0 aliphatic rings. The number of hydrogen-bond donors (Lipinski definition) is 4. The van der Waals surface area contributed by atoms with E-state index in [2.05, 4.69) is 74.8 Å². The minimum atomic E-state index is -0.917. The number of nitrogens with two attached hydrogens (primary N) is 1. The van der Waals surface area contributed by atoms with Gasteiger partial charge in [-0.05, 0) is 50.0 Å². The summed E-state index contributed by atoms with van der Waals surface area (Å²) in [6, 6.07) is 5.15. The van der Waals surface area contributed by atoms with Crippen LogP contribution in [-0.2, 0) is 22.1 Å². The number of fused-ring (bicyclic) bond motifs is 1. The van der Waals surface area contributed by atoms with Crippen LogP contribution in [0.25, 0.3) is 10.9 Å². The molecule has 2 rings (SSSR count). The van der Waals surface area contributed by atoms with Gasteiger partial charge in [-0.15, -0.1) is 0 Å². The summed E-state index contributed by atoms with van der Waals surface area (Å²) in [5.74, 6) is -0.786. The van der Waals surface area contributed by atoms with Gasteiger partial charge in [-0.2, -0.15) is 0 Å². The van der Waals surface area contributed by atoms with Crippen molar-refractivity contribution in [1.29, 1.82) is 0 Å². The first-order valence-electron chi connectivity index (χ1n) is 13.4. The van der Waals surface area contributed by atoms with Crippen LogP contribution >= 0.6 is 0 Å². The van der Waals surface area contributed by atoms with Gasteiger partial charge in [0.2, 0.25) is 5.91 Å². The maximum atomic E-state index is 13.9. The number of benzene rings is 1. The fraction of sp³-hybridized carbons (Fsp3) is 0.600. The maximum Gasteiger partial charge on any atom is 0.331 e. The zero-order valence-corrected chi connectivity index (χ0v) is 25.1. The first-order chi connectivity index (χ1) is 17.4. The molecule has 0 fully saturated rings. The van der Waals surface area contributed by atoms with E-state index in [-0.39, 0.29) is 29.3 Å². The van der Waals surface area contributed by atoms with Crippen molar-refractivity contribution in [2.45, 2.75) is 78.9 Å². The lowest BCUT2D eigenvalue weighted by Gasteiger charge is -2.40. The van der Waals surface area contributed by atoms with Crippen LogP contribution < -0.4 is 16.4 Å². The number of anilines is 1. The van der Waals surface area contributed by atoms with Gasteiger partial charge in [0.15, 0.2) is 0 Å². The average Bonchev–Trinajstić information content (AvgIpc) is 3.12. The van der Waals surface area contributed by atoms with E-state index in [9.17, 15) is 14.7 Å². The SMILES string of the molecule is CNC(C(=O)N[C@H](CN(C)[C@H](/C=C(\C)C(=O)O)C(C)C)C(C)(C)C)C(C)(C)c1cn(C)c2cc(N)ccc12. The molecule has 1 aromatic carbocycles. The number of aromatic nitrogens is 1. The van der Waals surface area contributed by atoms with Crippen LogP contribution in [0.4, 0.5) is 5.69 Å². The van der Waals surface area contributed by atoms with Gasteiger partial charge in [0.05, 0.1) is 11.6 Å².